The maximum atomic E-state index is 13.2. The monoisotopic (exact) mass is 502 g/mol. The van der Waals surface area contributed by atoms with E-state index in [1.54, 1.807) is 0 Å². The van der Waals surface area contributed by atoms with E-state index < -0.39 is 11.9 Å². The number of aromatic nitrogens is 2. The third kappa shape index (κ3) is 5.81. The molecule has 1 aromatic heterocycles. The number of ether oxygens (including phenoxy) is 1. The van der Waals surface area contributed by atoms with Crippen LogP contribution in [0.25, 0.3) is 0 Å². The summed E-state index contributed by atoms with van der Waals surface area (Å²) >= 11 is 0. The lowest BCUT2D eigenvalue weighted by molar-refractivity contribution is -0.159. The number of carboxylic acids is 2. The number of carbonyl (C=O) groups excluding carboxylic acids is 1. The van der Waals surface area contributed by atoms with Crippen molar-refractivity contribution in [1.82, 2.24) is 19.4 Å². The van der Waals surface area contributed by atoms with Crippen molar-refractivity contribution >= 4 is 17.8 Å². The van der Waals surface area contributed by atoms with Gasteiger partial charge in [0.15, 0.2) is 0 Å². The van der Waals surface area contributed by atoms with E-state index in [0.29, 0.717) is 5.91 Å². The standard InChI is InChI=1S/C24H36N4O2.C2H2O4/c1-23(8-4-3-5-9-23)22(29)27-12-10-24(11-13-27)21-25-16-20(28(21)14-15-30-24)18-26(2)17-19-6-7-19;3-1(4)2(5)6/h3-4,16,19H,5-15,17-18H2,1-2H3;(H,3,4)(H,5,6). The van der Waals surface area contributed by atoms with Gasteiger partial charge in [-0.1, -0.05) is 19.1 Å². The molecule has 36 heavy (non-hydrogen) atoms. The first-order chi connectivity index (χ1) is 17.1. The van der Waals surface area contributed by atoms with Crippen LogP contribution in [0.15, 0.2) is 18.3 Å². The molecule has 5 rings (SSSR count). The number of carboxylic acid groups (broad SMARTS) is 2. The van der Waals surface area contributed by atoms with Crippen LogP contribution in [0.2, 0.25) is 0 Å². The van der Waals surface area contributed by atoms with E-state index >= 15 is 0 Å². The number of piperidine rings is 1. The van der Waals surface area contributed by atoms with Gasteiger partial charge in [0.2, 0.25) is 5.91 Å². The molecular weight excluding hydrogens is 464 g/mol. The quantitative estimate of drug-likeness (QED) is 0.465. The number of hydrogen-bond acceptors (Lipinski definition) is 6. The Balaban J connectivity index is 0.000000455. The second-order valence-electron chi connectivity index (χ2n) is 10.9. The number of rotatable bonds is 5. The molecule has 3 heterocycles. The molecule has 1 saturated carbocycles. The molecule has 0 aromatic carbocycles. The average molecular weight is 503 g/mol. The predicted octanol–water partition coefficient (Wildman–Crippen LogP) is 2.47. The smallest absolute Gasteiger partial charge is 0.414 e. The highest BCUT2D eigenvalue weighted by molar-refractivity contribution is 6.27. The minimum Gasteiger partial charge on any atom is -0.473 e. The van der Waals surface area contributed by atoms with E-state index in [1.165, 1.54) is 25.1 Å². The summed E-state index contributed by atoms with van der Waals surface area (Å²) in [7, 11) is 2.22. The van der Waals surface area contributed by atoms with Crippen LogP contribution in [0.4, 0.5) is 0 Å². The van der Waals surface area contributed by atoms with Crippen LogP contribution >= 0.6 is 0 Å². The number of amides is 1. The molecule has 1 unspecified atom stereocenters. The Bertz CT molecular complexity index is 996. The van der Waals surface area contributed by atoms with Crippen LogP contribution in [-0.2, 0) is 37.8 Å². The highest BCUT2D eigenvalue weighted by atomic mass is 16.5. The summed E-state index contributed by atoms with van der Waals surface area (Å²) in [4.78, 5) is 40.8. The summed E-state index contributed by atoms with van der Waals surface area (Å²) in [5.41, 5.74) is 0.746. The number of carbonyl (C=O) groups is 3. The second-order valence-corrected chi connectivity index (χ2v) is 10.9. The van der Waals surface area contributed by atoms with Crippen molar-refractivity contribution in [3.05, 3.63) is 29.9 Å². The number of likely N-dealkylation sites (tertiary alicyclic amines) is 1. The number of aliphatic carboxylic acids is 2. The van der Waals surface area contributed by atoms with Crippen molar-refractivity contribution in [2.75, 3.05) is 33.3 Å². The number of hydrogen-bond donors (Lipinski definition) is 2. The molecule has 1 spiro atoms. The molecule has 0 bridgehead atoms. The Hall–Kier alpha value is -2.72. The van der Waals surface area contributed by atoms with Crippen LogP contribution in [0.1, 0.15) is 63.4 Å². The van der Waals surface area contributed by atoms with Crippen molar-refractivity contribution in [2.24, 2.45) is 11.3 Å². The molecule has 198 valence electrons. The maximum Gasteiger partial charge on any atom is 0.414 e. The van der Waals surface area contributed by atoms with Crippen LogP contribution in [0.5, 0.6) is 0 Å². The van der Waals surface area contributed by atoms with E-state index in [9.17, 15) is 4.79 Å². The third-order valence-corrected chi connectivity index (χ3v) is 7.89. The molecule has 10 nitrogen and oxygen atoms in total. The summed E-state index contributed by atoms with van der Waals surface area (Å²) in [6.45, 7) is 7.43. The van der Waals surface area contributed by atoms with Crippen molar-refractivity contribution in [2.45, 2.75) is 70.6 Å². The van der Waals surface area contributed by atoms with Gasteiger partial charge in [0, 0.05) is 51.8 Å². The zero-order valence-corrected chi connectivity index (χ0v) is 21.3. The molecule has 1 saturated heterocycles. The third-order valence-electron chi connectivity index (χ3n) is 7.89. The van der Waals surface area contributed by atoms with Gasteiger partial charge in [-0.3, -0.25) is 4.79 Å². The highest BCUT2D eigenvalue weighted by Crippen LogP contribution is 2.41. The molecular formula is C26H38N4O6. The first-order valence-corrected chi connectivity index (χ1v) is 12.9. The molecule has 4 aliphatic rings. The Kier molecular flexibility index (Phi) is 7.85. The minimum absolute atomic E-state index is 0.232. The number of fused-ring (bicyclic) bond motifs is 2. The van der Waals surface area contributed by atoms with Gasteiger partial charge in [-0.2, -0.15) is 0 Å². The molecule has 0 radical (unpaired) electrons. The van der Waals surface area contributed by atoms with E-state index in [-0.39, 0.29) is 11.0 Å². The lowest BCUT2D eigenvalue weighted by Crippen LogP contribution is -2.52. The van der Waals surface area contributed by atoms with Crippen molar-refractivity contribution in [3.63, 3.8) is 0 Å². The van der Waals surface area contributed by atoms with Crippen molar-refractivity contribution in [3.8, 4) is 0 Å². The Morgan fingerprint density at radius 3 is 2.39 bits per heavy atom. The van der Waals surface area contributed by atoms with Gasteiger partial charge in [0.1, 0.15) is 11.4 Å². The molecule has 2 N–H and O–H groups in total. The van der Waals surface area contributed by atoms with Gasteiger partial charge < -0.3 is 29.3 Å². The van der Waals surface area contributed by atoms with Crippen LogP contribution < -0.4 is 0 Å². The Morgan fingerprint density at radius 2 is 1.81 bits per heavy atom. The van der Waals surface area contributed by atoms with Gasteiger partial charge in [-0.05, 0) is 45.1 Å². The van der Waals surface area contributed by atoms with Crippen molar-refractivity contribution < 1.29 is 29.3 Å². The fourth-order valence-electron chi connectivity index (χ4n) is 5.61. The van der Waals surface area contributed by atoms with Crippen LogP contribution in [0, 0.1) is 11.3 Å². The topological polar surface area (TPSA) is 125 Å². The molecule has 1 atom stereocenters. The van der Waals surface area contributed by atoms with Crippen molar-refractivity contribution in [1.29, 1.82) is 0 Å². The zero-order valence-electron chi connectivity index (χ0n) is 21.3. The van der Waals surface area contributed by atoms with Crippen LogP contribution in [0.3, 0.4) is 0 Å². The predicted molar refractivity (Wildman–Crippen MR) is 131 cm³/mol. The van der Waals surface area contributed by atoms with Gasteiger partial charge in [0.05, 0.1) is 17.7 Å². The van der Waals surface area contributed by atoms with Gasteiger partial charge >= 0.3 is 11.9 Å². The minimum atomic E-state index is -1.82. The molecule has 2 aliphatic carbocycles. The Morgan fingerprint density at radius 1 is 1.11 bits per heavy atom. The second kappa shape index (κ2) is 10.7. The lowest BCUT2D eigenvalue weighted by Gasteiger charge is -2.45. The normalized spacial score (nSPS) is 24.7. The zero-order chi connectivity index (χ0) is 25.9. The highest BCUT2D eigenvalue weighted by Gasteiger charge is 2.46. The van der Waals surface area contributed by atoms with E-state index in [4.69, 9.17) is 29.5 Å². The van der Waals surface area contributed by atoms with Crippen LogP contribution in [-0.4, -0.2) is 80.7 Å². The average Bonchev–Trinajstić information content (AvgIpc) is 3.57. The summed E-state index contributed by atoms with van der Waals surface area (Å²) < 4.78 is 8.78. The van der Waals surface area contributed by atoms with E-state index in [0.717, 1.165) is 76.6 Å². The SMILES string of the molecule is CN(Cc1cnc2n1CCOC21CCN(C(=O)C2(C)CC=CCC2)CC1)CC1CC1.O=C(O)C(=O)O. The van der Waals surface area contributed by atoms with E-state index in [1.807, 2.05) is 0 Å². The van der Waals surface area contributed by atoms with Gasteiger partial charge in [-0.25, -0.2) is 14.6 Å². The largest absolute Gasteiger partial charge is 0.473 e. The lowest BCUT2D eigenvalue weighted by atomic mass is 9.77. The number of imidazole rings is 1. The molecule has 2 aliphatic heterocycles. The molecule has 1 amide bonds. The summed E-state index contributed by atoms with van der Waals surface area (Å²) in [6.07, 6.45) is 13.7. The molecule has 2 fully saturated rings. The first kappa shape index (κ1) is 26.3. The van der Waals surface area contributed by atoms with Gasteiger partial charge in [-0.15, -0.1) is 0 Å². The van der Waals surface area contributed by atoms with E-state index in [2.05, 4.69) is 46.7 Å². The fourth-order valence-corrected chi connectivity index (χ4v) is 5.61. The van der Waals surface area contributed by atoms with Gasteiger partial charge in [0.25, 0.3) is 0 Å². The Labute approximate surface area is 211 Å². The summed E-state index contributed by atoms with van der Waals surface area (Å²) in [5, 5.41) is 14.8. The molecule has 1 aromatic rings. The number of allylic oxidation sites excluding steroid dienone is 2. The number of nitrogens with zero attached hydrogens (tertiary/aromatic N) is 4. The summed E-state index contributed by atoms with van der Waals surface area (Å²) in [5.74, 6) is -1.34. The summed E-state index contributed by atoms with van der Waals surface area (Å²) in [6, 6.07) is 0. The fraction of sp³-hybridized carbons (Fsp3) is 0.692. The molecule has 10 heteroatoms. The first-order valence-electron chi connectivity index (χ1n) is 12.9. The maximum absolute atomic E-state index is 13.2.